The van der Waals surface area contributed by atoms with Crippen LogP contribution in [0.5, 0.6) is 5.75 Å². The molecular formula is C15H15FN2O4S. The van der Waals surface area contributed by atoms with E-state index in [1.165, 1.54) is 12.3 Å². The molecule has 122 valence electrons. The van der Waals surface area contributed by atoms with Gasteiger partial charge in [-0.2, -0.15) is 0 Å². The first kappa shape index (κ1) is 16.1. The van der Waals surface area contributed by atoms with Crippen molar-refractivity contribution in [3.63, 3.8) is 0 Å². The Morgan fingerprint density at radius 2 is 1.91 bits per heavy atom. The molecule has 0 unspecified atom stereocenters. The predicted molar refractivity (Wildman–Crippen MR) is 82.3 cm³/mol. The summed E-state index contributed by atoms with van der Waals surface area (Å²) in [7, 11) is 0. The van der Waals surface area contributed by atoms with E-state index < -0.39 is 29.6 Å². The number of thioether (sulfide) groups is 1. The number of rotatable bonds is 3. The number of halogens is 1. The summed E-state index contributed by atoms with van der Waals surface area (Å²) in [5.41, 5.74) is -0.0388. The van der Waals surface area contributed by atoms with E-state index in [0.29, 0.717) is 5.56 Å². The van der Waals surface area contributed by atoms with Crippen LogP contribution < -0.4 is 4.74 Å². The molecule has 3 heterocycles. The van der Waals surface area contributed by atoms with Crippen LogP contribution in [0.4, 0.5) is 4.39 Å². The summed E-state index contributed by atoms with van der Waals surface area (Å²) in [4.78, 5) is 7.91. The van der Waals surface area contributed by atoms with Gasteiger partial charge in [-0.15, -0.1) is 11.8 Å². The van der Waals surface area contributed by atoms with Gasteiger partial charge < -0.3 is 20.1 Å². The lowest BCUT2D eigenvalue weighted by Gasteiger charge is -2.34. The molecule has 0 saturated carbocycles. The second-order valence-corrected chi connectivity index (χ2v) is 6.24. The van der Waals surface area contributed by atoms with Gasteiger partial charge in [-0.1, -0.05) is 0 Å². The van der Waals surface area contributed by atoms with Gasteiger partial charge in [0, 0.05) is 29.8 Å². The summed E-state index contributed by atoms with van der Waals surface area (Å²) in [6, 6.07) is 4.46. The van der Waals surface area contributed by atoms with E-state index in [2.05, 4.69) is 9.97 Å². The fourth-order valence-corrected chi connectivity index (χ4v) is 3.35. The lowest BCUT2D eigenvalue weighted by molar-refractivity contribution is -0.0786. The van der Waals surface area contributed by atoms with Crippen LogP contribution in [0.3, 0.4) is 0 Å². The minimum Gasteiger partial charge on any atom is -0.475 e. The molecule has 2 aromatic rings. The molecule has 0 radical (unpaired) electrons. The van der Waals surface area contributed by atoms with Crippen molar-refractivity contribution >= 4 is 11.8 Å². The van der Waals surface area contributed by atoms with Gasteiger partial charge in [0.05, 0.1) is 12.3 Å². The van der Waals surface area contributed by atoms with E-state index in [0.717, 1.165) is 11.8 Å². The summed E-state index contributed by atoms with van der Waals surface area (Å²) in [6.07, 6.45) is 0.856. The Morgan fingerprint density at radius 1 is 1.17 bits per heavy atom. The van der Waals surface area contributed by atoms with E-state index in [4.69, 9.17) is 4.74 Å². The Kier molecular flexibility index (Phi) is 4.76. The molecule has 0 aromatic carbocycles. The number of aliphatic hydroxyl groups excluding tert-OH is 3. The summed E-state index contributed by atoms with van der Waals surface area (Å²) in [6.45, 7) is 0. The van der Waals surface area contributed by atoms with Gasteiger partial charge >= 0.3 is 0 Å². The zero-order valence-corrected chi connectivity index (χ0v) is 12.7. The highest BCUT2D eigenvalue weighted by atomic mass is 32.2. The second kappa shape index (κ2) is 6.79. The predicted octanol–water partition coefficient (Wildman–Crippen LogP) is 0.817. The van der Waals surface area contributed by atoms with E-state index in [1.807, 2.05) is 0 Å². The van der Waals surface area contributed by atoms with Gasteiger partial charge in [0.1, 0.15) is 23.7 Å². The molecule has 0 aliphatic carbocycles. The van der Waals surface area contributed by atoms with Crippen molar-refractivity contribution in [3.8, 4) is 17.0 Å². The summed E-state index contributed by atoms with van der Waals surface area (Å²) < 4.78 is 19.7. The van der Waals surface area contributed by atoms with Gasteiger partial charge in [0.25, 0.3) is 0 Å². The zero-order valence-electron chi connectivity index (χ0n) is 11.9. The molecule has 23 heavy (non-hydrogen) atoms. The van der Waals surface area contributed by atoms with Crippen molar-refractivity contribution in [1.82, 2.24) is 9.97 Å². The number of aliphatic hydroxyl groups is 3. The Bertz CT molecular complexity index is 676. The van der Waals surface area contributed by atoms with Crippen LogP contribution in [-0.4, -0.2) is 54.8 Å². The lowest BCUT2D eigenvalue weighted by Crippen LogP contribution is -2.50. The molecule has 2 aromatic heterocycles. The monoisotopic (exact) mass is 338 g/mol. The molecule has 0 spiro atoms. The maximum absolute atomic E-state index is 14.2. The van der Waals surface area contributed by atoms with Crippen LogP contribution in [-0.2, 0) is 0 Å². The molecule has 1 saturated heterocycles. The van der Waals surface area contributed by atoms with Crippen LogP contribution in [0.15, 0.2) is 36.8 Å². The largest absolute Gasteiger partial charge is 0.475 e. The highest BCUT2D eigenvalue weighted by Crippen LogP contribution is 2.30. The standard InChI is InChI=1S/C15H15FN2O4S/c16-10-5-9(6-18-12(10)8-1-3-17-4-2-8)22-15-14(21)13(20)11(19)7-23-15/h1-6,11,13-15,19-21H,7H2/t11-,13+,14-,15-/m1/s1. The fraction of sp³-hybridized carbons (Fsp3) is 0.333. The lowest BCUT2D eigenvalue weighted by atomic mass is 10.1. The maximum atomic E-state index is 14.2. The molecular weight excluding hydrogens is 323 g/mol. The summed E-state index contributed by atoms with van der Waals surface area (Å²) in [5, 5.41) is 29.0. The molecule has 3 rings (SSSR count). The summed E-state index contributed by atoms with van der Waals surface area (Å²) >= 11 is 1.14. The molecule has 8 heteroatoms. The maximum Gasteiger partial charge on any atom is 0.173 e. The average Bonchev–Trinajstić information content (AvgIpc) is 2.56. The van der Waals surface area contributed by atoms with Gasteiger partial charge in [-0.3, -0.25) is 4.98 Å². The second-order valence-electron chi connectivity index (χ2n) is 5.11. The van der Waals surface area contributed by atoms with E-state index >= 15 is 0 Å². The Balaban J connectivity index is 1.76. The first-order chi connectivity index (χ1) is 11.1. The molecule has 1 fully saturated rings. The number of hydrogen-bond donors (Lipinski definition) is 3. The van der Waals surface area contributed by atoms with Gasteiger partial charge in [0.15, 0.2) is 11.3 Å². The molecule has 6 nitrogen and oxygen atoms in total. The molecule has 4 atom stereocenters. The van der Waals surface area contributed by atoms with Crippen molar-refractivity contribution in [3.05, 3.63) is 42.6 Å². The number of hydrogen-bond acceptors (Lipinski definition) is 7. The van der Waals surface area contributed by atoms with Crippen molar-refractivity contribution in [2.24, 2.45) is 0 Å². The minimum atomic E-state index is -1.30. The first-order valence-electron chi connectivity index (χ1n) is 6.94. The SMILES string of the molecule is O[C@@H]1[C@@H](O)[C@H](Oc2cnc(-c3ccncc3)c(F)c2)SC[C@H]1O. The number of aromatic nitrogens is 2. The van der Waals surface area contributed by atoms with Crippen LogP contribution in [0.25, 0.3) is 11.3 Å². The third-order valence-electron chi connectivity index (χ3n) is 3.48. The first-order valence-corrected chi connectivity index (χ1v) is 7.99. The highest BCUT2D eigenvalue weighted by molar-refractivity contribution is 7.99. The third-order valence-corrected chi connectivity index (χ3v) is 4.71. The van der Waals surface area contributed by atoms with Crippen LogP contribution in [0.2, 0.25) is 0 Å². The molecule has 3 N–H and O–H groups in total. The van der Waals surface area contributed by atoms with E-state index in [9.17, 15) is 19.7 Å². The quantitative estimate of drug-likeness (QED) is 0.762. The van der Waals surface area contributed by atoms with Gasteiger partial charge in [0.2, 0.25) is 0 Å². The van der Waals surface area contributed by atoms with Gasteiger partial charge in [-0.25, -0.2) is 9.37 Å². The van der Waals surface area contributed by atoms with Crippen molar-refractivity contribution in [1.29, 1.82) is 0 Å². The number of pyridine rings is 2. The Hall–Kier alpha value is -1.74. The van der Waals surface area contributed by atoms with Crippen molar-refractivity contribution in [2.75, 3.05) is 5.75 Å². The van der Waals surface area contributed by atoms with E-state index in [1.54, 1.807) is 24.5 Å². The van der Waals surface area contributed by atoms with Crippen LogP contribution in [0.1, 0.15) is 0 Å². The molecule has 0 bridgehead atoms. The fourth-order valence-electron chi connectivity index (χ4n) is 2.22. The Labute approximate surface area is 136 Å². The highest BCUT2D eigenvalue weighted by Gasteiger charge is 2.38. The zero-order chi connectivity index (χ0) is 16.4. The molecule has 1 aliphatic rings. The number of ether oxygens (including phenoxy) is 1. The number of nitrogens with zero attached hydrogens (tertiary/aromatic N) is 2. The average molecular weight is 338 g/mol. The molecule has 0 amide bonds. The Morgan fingerprint density at radius 3 is 2.61 bits per heavy atom. The minimum absolute atomic E-state index is 0.139. The normalized spacial score (nSPS) is 27.7. The van der Waals surface area contributed by atoms with Gasteiger partial charge in [-0.05, 0) is 12.1 Å². The van der Waals surface area contributed by atoms with Crippen LogP contribution in [0, 0.1) is 5.82 Å². The van der Waals surface area contributed by atoms with Crippen molar-refractivity contribution in [2.45, 2.75) is 23.7 Å². The van der Waals surface area contributed by atoms with Crippen LogP contribution >= 0.6 is 11.8 Å². The topological polar surface area (TPSA) is 95.7 Å². The summed E-state index contributed by atoms with van der Waals surface area (Å²) in [5.74, 6) is -0.210. The third kappa shape index (κ3) is 3.45. The van der Waals surface area contributed by atoms with E-state index in [-0.39, 0.29) is 17.2 Å². The van der Waals surface area contributed by atoms with Crippen molar-refractivity contribution < 1.29 is 24.4 Å². The smallest absolute Gasteiger partial charge is 0.173 e. The molecule has 1 aliphatic heterocycles.